The van der Waals surface area contributed by atoms with Gasteiger partial charge in [-0.15, -0.1) is 0 Å². The van der Waals surface area contributed by atoms with E-state index >= 15 is 0 Å². The maximum absolute atomic E-state index is 12.8. The van der Waals surface area contributed by atoms with Crippen LogP contribution in [0, 0.1) is 11.8 Å². The zero-order valence-corrected chi connectivity index (χ0v) is 13.8. The number of carbonyl (C=O) groups is 2. The van der Waals surface area contributed by atoms with Crippen LogP contribution in [0.2, 0.25) is 0 Å². The Labute approximate surface area is 137 Å². The van der Waals surface area contributed by atoms with Crippen LogP contribution in [-0.4, -0.2) is 18.7 Å². The van der Waals surface area contributed by atoms with Crippen molar-refractivity contribution in [3.8, 4) is 5.75 Å². The van der Waals surface area contributed by atoms with Gasteiger partial charge in [0.1, 0.15) is 5.75 Å². The van der Waals surface area contributed by atoms with Crippen LogP contribution in [0.4, 0.5) is 0 Å². The molecule has 0 aliphatic carbocycles. The number of benzene rings is 2. The van der Waals surface area contributed by atoms with Crippen LogP contribution in [0.15, 0.2) is 54.6 Å². The van der Waals surface area contributed by atoms with Crippen LogP contribution in [0.3, 0.4) is 0 Å². The molecule has 1 atom stereocenters. The molecule has 3 heteroatoms. The third kappa shape index (κ3) is 4.28. The lowest BCUT2D eigenvalue weighted by atomic mass is 9.84. The van der Waals surface area contributed by atoms with Crippen molar-refractivity contribution in [2.45, 2.75) is 20.3 Å². The van der Waals surface area contributed by atoms with Crippen molar-refractivity contribution >= 4 is 11.6 Å². The van der Waals surface area contributed by atoms with E-state index in [0.29, 0.717) is 23.3 Å². The van der Waals surface area contributed by atoms with Gasteiger partial charge in [-0.25, -0.2) is 0 Å². The zero-order chi connectivity index (χ0) is 16.8. The molecule has 0 saturated heterocycles. The van der Waals surface area contributed by atoms with E-state index in [1.54, 1.807) is 43.5 Å². The molecule has 0 fully saturated rings. The van der Waals surface area contributed by atoms with Gasteiger partial charge in [0.2, 0.25) is 0 Å². The number of hydrogen-bond donors (Lipinski definition) is 0. The molecule has 3 nitrogen and oxygen atoms in total. The number of ketones is 2. The van der Waals surface area contributed by atoms with Gasteiger partial charge in [0, 0.05) is 11.1 Å². The van der Waals surface area contributed by atoms with Crippen molar-refractivity contribution in [1.82, 2.24) is 0 Å². The smallest absolute Gasteiger partial charge is 0.173 e. The molecule has 0 radical (unpaired) electrons. The summed E-state index contributed by atoms with van der Waals surface area (Å²) < 4.78 is 5.11. The summed E-state index contributed by atoms with van der Waals surface area (Å²) in [5, 5.41) is 0. The molecule has 0 amide bonds. The first-order chi connectivity index (χ1) is 11.0. The second-order valence-corrected chi connectivity index (χ2v) is 6.01. The predicted molar refractivity (Wildman–Crippen MR) is 91.0 cm³/mol. The van der Waals surface area contributed by atoms with Crippen molar-refractivity contribution in [2.24, 2.45) is 11.8 Å². The molecule has 0 aliphatic heterocycles. The Balaban J connectivity index is 2.29. The first-order valence-electron chi connectivity index (χ1n) is 7.80. The average Bonchev–Trinajstić information content (AvgIpc) is 2.59. The molecule has 0 N–H and O–H groups in total. The standard InChI is InChI=1S/C20H22O3/c1-14(2)13-18(19(21)15-7-5-4-6-8-15)20(22)16-9-11-17(23-3)12-10-16/h4-12,14,18H,13H2,1-3H3. The SMILES string of the molecule is COc1ccc(C(=O)C(CC(C)C)C(=O)c2ccccc2)cc1. The summed E-state index contributed by atoms with van der Waals surface area (Å²) in [6.07, 6.45) is 0.540. The molecule has 0 heterocycles. The van der Waals surface area contributed by atoms with E-state index in [2.05, 4.69) is 0 Å². The second kappa shape index (κ2) is 7.73. The minimum absolute atomic E-state index is 0.111. The molecule has 23 heavy (non-hydrogen) atoms. The van der Waals surface area contributed by atoms with Gasteiger partial charge >= 0.3 is 0 Å². The lowest BCUT2D eigenvalue weighted by molar-refractivity contribution is 0.0787. The number of hydrogen-bond acceptors (Lipinski definition) is 3. The summed E-state index contributed by atoms with van der Waals surface area (Å²) in [6.45, 7) is 4.04. The van der Waals surface area contributed by atoms with Crippen LogP contribution >= 0.6 is 0 Å². The van der Waals surface area contributed by atoms with Crippen LogP contribution in [0.1, 0.15) is 41.0 Å². The molecule has 0 saturated carbocycles. The van der Waals surface area contributed by atoms with E-state index in [9.17, 15) is 9.59 Å². The van der Waals surface area contributed by atoms with E-state index in [1.165, 1.54) is 0 Å². The highest BCUT2D eigenvalue weighted by molar-refractivity contribution is 6.16. The van der Waals surface area contributed by atoms with E-state index in [0.717, 1.165) is 0 Å². The van der Waals surface area contributed by atoms with E-state index in [4.69, 9.17) is 4.74 Å². The van der Waals surface area contributed by atoms with Crippen LogP contribution < -0.4 is 4.74 Å². The molecular weight excluding hydrogens is 288 g/mol. The summed E-state index contributed by atoms with van der Waals surface area (Å²) in [4.78, 5) is 25.6. The van der Waals surface area contributed by atoms with Gasteiger partial charge in [-0.05, 0) is 36.6 Å². The maximum Gasteiger partial charge on any atom is 0.173 e. The molecule has 1 unspecified atom stereocenters. The molecular formula is C20H22O3. The number of carbonyl (C=O) groups excluding carboxylic acids is 2. The van der Waals surface area contributed by atoms with E-state index in [-0.39, 0.29) is 17.5 Å². The molecule has 120 valence electrons. The minimum Gasteiger partial charge on any atom is -0.497 e. The Bertz CT molecular complexity index is 657. The first kappa shape index (κ1) is 16.9. The monoisotopic (exact) mass is 310 g/mol. The molecule has 0 aromatic heterocycles. The third-order valence-electron chi connectivity index (χ3n) is 3.77. The fourth-order valence-corrected chi connectivity index (χ4v) is 2.56. The second-order valence-electron chi connectivity index (χ2n) is 6.01. The van der Waals surface area contributed by atoms with Gasteiger partial charge in [0.15, 0.2) is 11.6 Å². The number of Topliss-reactive ketones (excluding diaryl/α,β-unsaturated/α-hetero) is 2. The van der Waals surface area contributed by atoms with Crippen molar-refractivity contribution in [2.75, 3.05) is 7.11 Å². The highest BCUT2D eigenvalue weighted by atomic mass is 16.5. The lowest BCUT2D eigenvalue weighted by Gasteiger charge is -2.17. The van der Waals surface area contributed by atoms with Crippen LogP contribution in [0.25, 0.3) is 0 Å². The van der Waals surface area contributed by atoms with Crippen molar-refractivity contribution < 1.29 is 14.3 Å². The van der Waals surface area contributed by atoms with Gasteiger partial charge < -0.3 is 4.74 Å². The predicted octanol–water partition coefficient (Wildman–Crippen LogP) is 4.42. The van der Waals surface area contributed by atoms with Gasteiger partial charge in [-0.2, -0.15) is 0 Å². The Morgan fingerprint density at radius 3 is 1.87 bits per heavy atom. The molecule has 2 aromatic rings. The number of rotatable bonds is 7. The Hall–Kier alpha value is -2.42. The molecule has 2 aromatic carbocycles. The fourth-order valence-electron chi connectivity index (χ4n) is 2.56. The quantitative estimate of drug-likeness (QED) is 0.561. The summed E-state index contributed by atoms with van der Waals surface area (Å²) in [6, 6.07) is 15.9. The molecule has 2 rings (SSSR count). The lowest BCUT2D eigenvalue weighted by Crippen LogP contribution is -2.26. The highest BCUT2D eigenvalue weighted by Crippen LogP contribution is 2.23. The third-order valence-corrected chi connectivity index (χ3v) is 3.77. The van der Waals surface area contributed by atoms with Crippen molar-refractivity contribution in [3.05, 3.63) is 65.7 Å². The Morgan fingerprint density at radius 1 is 0.870 bits per heavy atom. The van der Waals surface area contributed by atoms with Crippen LogP contribution in [0.5, 0.6) is 5.75 Å². The average molecular weight is 310 g/mol. The van der Waals surface area contributed by atoms with E-state index < -0.39 is 5.92 Å². The largest absolute Gasteiger partial charge is 0.497 e. The first-order valence-corrected chi connectivity index (χ1v) is 7.80. The Morgan fingerprint density at radius 2 is 1.39 bits per heavy atom. The molecule has 0 spiro atoms. The Kier molecular flexibility index (Phi) is 5.69. The van der Waals surface area contributed by atoms with Gasteiger partial charge in [-0.3, -0.25) is 9.59 Å². The summed E-state index contributed by atoms with van der Waals surface area (Å²) in [7, 11) is 1.58. The number of methoxy groups -OCH3 is 1. The van der Waals surface area contributed by atoms with Crippen molar-refractivity contribution in [1.29, 1.82) is 0 Å². The van der Waals surface area contributed by atoms with Gasteiger partial charge in [-0.1, -0.05) is 44.2 Å². The topological polar surface area (TPSA) is 43.4 Å². The van der Waals surface area contributed by atoms with Crippen molar-refractivity contribution in [3.63, 3.8) is 0 Å². The van der Waals surface area contributed by atoms with Gasteiger partial charge in [0.25, 0.3) is 0 Å². The van der Waals surface area contributed by atoms with Crippen LogP contribution in [-0.2, 0) is 0 Å². The van der Waals surface area contributed by atoms with Gasteiger partial charge in [0.05, 0.1) is 13.0 Å². The molecule has 0 bridgehead atoms. The zero-order valence-electron chi connectivity index (χ0n) is 13.8. The summed E-state index contributed by atoms with van der Waals surface area (Å²) >= 11 is 0. The normalized spacial score (nSPS) is 12.0. The summed E-state index contributed by atoms with van der Waals surface area (Å²) in [5.41, 5.74) is 1.13. The highest BCUT2D eigenvalue weighted by Gasteiger charge is 2.29. The van der Waals surface area contributed by atoms with E-state index in [1.807, 2.05) is 32.0 Å². The fraction of sp³-hybridized carbons (Fsp3) is 0.300. The minimum atomic E-state index is -0.647. The molecule has 0 aliphatic rings. The number of ether oxygens (including phenoxy) is 1. The maximum atomic E-state index is 12.8. The summed E-state index contributed by atoms with van der Waals surface area (Å²) in [5.74, 6) is 0.0623.